The quantitative estimate of drug-likeness (QED) is 0.672. The van der Waals surface area contributed by atoms with Crippen LogP contribution < -0.4 is 10.5 Å². The van der Waals surface area contributed by atoms with E-state index < -0.39 is 10.0 Å². The van der Waals surface area contributed by atoms with Crippen LogP contribution in [0.15, 0.2) is 46.0 Å². The molecule has 2 heterocycles. The molecule has 0 saturated heterocycles. The minimum Gasteiger partial charge on any atom is -0.446 e. The van der Waals surface area contributed by atoms with Crippen molar-refractivity contribution < 1.29 is 12.8 Å². The van der Waals surface area contributed by atoms with Crippen LogP contribution in [0, 0.1) is 0 Å². The van der Waals surface area contributed by atoms with Crippen molar-refractivity contribution in [2.75, 3.05) is 5.32 Å². The number of hydrogen-bond acceptors (Lipinski definition) is 5. The molecule has 3 rings (SSSR count). The van der Waals surface area contributed by atoms with Gasteiger partial charge in [-0.05, 0) is 18.2 Å². The first kappa shape index (κ1) is 12.7. The predicted molar refractivity (Wildman–Crippen MR) is 73.5 cm³/mol. The highest BCUT2D eigenvalue weighted by Crippen LogP contribution is 2.21. The van der Waals surface area contributed by atoms with E-state index in [-0.39, 0.29) is 5.09 Å². The van der Waals surface area contributed by atoms with Crippen molar-refractivity contribution in [1.29, 1.82) is 0 Å². The van der Waals surface area contributed by atoms with Gasteiger partial charge in [-0.3, -0.25) is 5.10 Å². The second kappa shape index (κ2) is 4.66. The number of primary sulfonamides is 1. The summed E-state index contributed by atoms with van der Waals surface area (Å²) < 4.78 is 27.4. The smallest absolute Gasteiger partial charge is 0.271 e. The Morgan fingerprint density at radius 2 is 2.15 bits per heavy atom. The number of rotatable bonds is 4. The van der Waals surface area contributed by atoms with Gasteiger partial charge in [0.05, 0.1) is 23.9 Å². The van der Waals surface area contributed by atoms with E-state index in [1.165, 1.54) is 6.07 Å². The molecule has 2 aromatic heterocycles. The number of para-hydroxylation sites is 1. The molecule has 0 radical (unpaired) electrons. The predicted octanol–water partition coefficient (Wildman–Crippen LogP) is 1.42. The normalized spacial score (nSPS) is 11.8. The largest absolute Gasteiger partial charge is 0.446 e. The van der Waals surface area contributed by atoms with E-state index in [1.54, 1.807) is 12.3 Å². The van der Waals surface area contributed by atoms with Crippen LogP contribution >= 0.6 is 0 Å². The number of sulfonamides is 1. The lowest BCUT2D eigenvalue weighted by Gasteiger charge is -2.05. The molecule has 0 aliphatic rings. The second-order valence-corrected chi connectivity index (χ2v) is 5.75. The van der Waals surface area contributed by atoms with Crippen molar-refractivity contribution in [2.24, 2.45) is 5.14 Å². The summed E-state index contributed by atoms with van der Waals surface area (Å²) in [5.41, 5.74) is 1.74. The molecule has 0 aliphatic carbocycles. The monoisotopic (exact) mass is 292 g/mol. The summed E-state index contributed by atoms with van der Waals surface area (Å²) in [6.07, 6.45) is 1.73. The van der Waals surface area contributed by atoms with Crippen LogP contribution in [0.4, 0.5) is 5.69 Å². The van der Waals surface area contributed by atoms with E-state index in [4.69, 9.17) is 9.56 Å². The van der Waals surface area contributed by atoms with E-state index in [0.29, 0.717) is 12.3 Å². The number of anilines is 1. The number of hydrogen-bond donors (Lipinski definition) is 3. The summed E-state index contributed by atoms with van der Waals surface area (Å²) in [6.45, 7) is 0.341. The molecule has 8 heteroatoms. The molecule has 0 unspecified atom stereocenters. The van der Waals surface area contributed by atoms with Gasteiger partial charge in [-0.2, -0.15) is 5.10 Å². The Kier molecular flexibility index (Phi) is 2.96. The molecule has 0 amide bonds. The first-order valence-corrected chi connectivity index (χ1v) is 7.36. The molecule has 4 N–H and O–H groups in total. The van der Waals surface area contributed by atoms with Crippen molar-refractivity contribution in [3.8, 4) is 0 Å². The molecule has 1 aromatic carbocycles. The number of nitrogens with two attached hydrogens (primary N) is 1. The third-order valence-electron chi connectivity index (χ3n) is 2.85. The van der Waals surface area contributed by atoms with Gasteiger partial charge in [0.2, 0.25) is 5.09 Å². The summed E-state index contributed by atoms with van der Waals surface area (Å²) in [5.74, 6) is 0.477. The molecule has 0 fully saturated rings. The number of H-pyrrole nitrogens is 1. The molecule has 0 saturated carbocycles. The first-order valence-electron chi connectivity index (χ1n) is 5.81. The van der Waals surface area contributed by atoms with Gasteiger partial charge in [0, 0.05) is 5.39 Å². The Morgan fingerprint density at radius 1 is 1.30 bits per heavy atom. The minimum absolute atomic E-state index is 0.242. The van der Waals surface area contributed by atoms with Crippen molar-refractivity contribution in [2.45, 2.75) is 11.6 Å². The van der Waals surface area contributed by atoms with Gasteiger partial charge in [-0.1, -0.05) is 12.1 Å². The maximum absolute atomic E-state index is 11.1. The summed E-state index contributed by atoms with van der Waals surface area (Å²) in [7, 11) is -3.80. The highest BCUT2D eigenvalue weighted by molar-refractivity contribution is 7.89. The third-order valence-corrected chi connectivity index (χ3v) is 3.63. The van der Waals surface area contributed by atoms with Crippen LogP contribution in [0.3, 0.4) is 0 Å². The van der Waals surface area contributed by atoms with E-state index in [1.807, 2.05) is 18.2 Å². The Balaban J connectivity index is 1.80. The number of nitrogens with zero attached hydrogens (tertiary/aromatic N) is 1. The molecule has 0 atom stereocenters. The Morgan fingerprint density at radius 3 is 2.90 bits per heavy atom. The maximum atomic E-state index is 11.1. The Hall–Kier alpha value is -2.32. The molecular weight excluding hydrogens is 280 g/mol. The molecule has 0 bridgehead atoms. The standard InChI is InChI=1S/C12H12N4O3S/c13-20(17,18)11-5-4-9(19-11)7-14-10-3-1-2-8-6-15-16-12(8)10/h1-6,14H,7H2,(H,15,16)(H2,13,17,18). The lowest BCUT2D eigenvalue weighted by molar-refractivity contribution is 0.419. The fourth-order valence-electron chi connectivity index (χ4n) is 1.90. The fraction of sp³-hybridized carbons (Fsp3) is 0.0833. The van der Waals surface area contributed by atoms with Crippen molar-refractivity contribution in [3.63, 3.8) is 0 Å². The topological polar surface area (TPSA) is 114 Å². The first-order chi connectivity index (χ1) is 9.54. The van der Waals surface area contributed by atoms with Gasteiger partial charge in [-0.15, -0.1) is 0 Å². The fourth-order valence-corrected chi connectivity index (χ4v) is 2.39. The number of aromatic amines is 1. The van der Waals surface area contributed by atoms with Gasteiger partial charge in [0.1, 0.15) is 5.76 Å². The van der Waals surface area contributed by atoms with Crippen molar-refractivity contribution in [3.05, 3.63) is 42.3 Å². The van der Waals surface area contributed by atoms with Gasteiger partial charge >= 0.3 is 0 Å². The van der Waals surface area contributed by atoms with Crippen LogP contribution in [0.5, 0.6) is 0 Å². The Bertz CT molecular complexity index is 850. The van der Waals surface area contributed by atoms with E-state index in [0.717, 1.165) is 16.6 Å². The number of fused-ring (bicyclic) bond motifs is 1. The van der Waals surface area contributed by atoms with Gasteiger partial charge in [0.25, 0.3) is 10.0 Å². The van der Waals surface area contributed by atoms with Crippen LogP contribution in [-0.2, 0) is 16.6 Å². The van der Waals surface area contributed by atoms with Crippen LogP contribution in [0.1, 0.15) is 5.76 Å². The highest BCUT2D eigenvalue weighted by Gasteiger charge is 2.13. The molecular formula is C12H12N4O3S. The molecule has 7 nitrogen and oxygen atoms in total. The average Bonchev–Trinajstić information content (AvgIpc) is 3.04. The minimum atomic E-state index is -3.80. The number of benzene rings is 1. The van der Waals surface area contributed by atoms with Crippen molar-refractivity contribution >= 4 is 26.6 Å². The maximum Gasteiger partial charge on any atom is 0.271 e. The summed E-state index contributed by atoms with van der Waals surface area (Å²) in [5, 5.41) is 15.7. The lowest BCUT2D eigenvalue weighted by Crippen LogP contribution is -2.10. The van der Waals surface area contributed by atoms with Crippen LogP contribution in [0.2, 0.25) is 0 Å². The lowest BCUT2D eigenvalue weighted by atomic mass is 10.2. The molecule has 104 valence electrons. The number of aromatic nitrogens is 2. The van der Waals surface area contributed by atoms with Crippen LogP contribution in [-0.4, -0.2) is 18.6 Å². The van der Waals surface area contributed by atoms with E-state index in [9.17, 15) is 8.42 Å². The molecule has 20 heavy (non-hydrogen) atoms. The summed E-state index contributed by atoms with van der Waals surface area (Å²) in [6, 6.07) is 8.64. The summed E-state index contributed by atoms with van der Waals surface area (Å²) in [4.78, 5) is 0. The molecule has 0 spiro atoms. The molecule has 0 aliphatic heterocycles. The highest BCUT2D eigenvalue weighted by atomic mass is 32.2. The van der Waals surface area contributed by atoms with E-state index >= 15 is 0 Å². The van der Waals surface area contributed by atoms with E-state index in [2.05, 4.69) is 15.5 Å². The van der Waals surface area contributed by atoms with Gasteiger partial charge < -0.3 is 9.73 Å². The number of furan rings is 1. The third kappa shape index (κ3) is 2.38. The van der Waals surface area contributed by atoms with Crippen LogP contribution in [0.25, 0.3) is 10.9 Å². The van der Waals surface area contributed by atoms with Crippen molar-refractivity contribution in [1.82, 2.24) is 10.2 Å². The Labute approximate surface area is 114 Å². The van der Waals surface area contributed by atoms with Gasteiger partial charge in [0.15, 0.2) is 0 Å². The molecule has 3 aromatic rings. The number of nitrogens with one attached hydrogen (secondary N) is 2. The SMILES string of the molecule is NS(=O)(=O)c1ccc(CNc2cccc3cn[nH]c23)o1. The summed E-state index contributed by atoms with van der Waals surface area (Å²) >= 11 is 0. The van der Waals surface area contributed by atoms with Gasteiger partial charge in [-0.25, -0.2) is 13.6 Å². The second-order valence-electron chi connectivity index (χ2n) is 4.26. The zero-order chi connectivity index (χ0) is 14.2. The zero-order valence-electron chi connectivity index (χ0n) is 10.3. The zero-order valence-corrected chi connectivity index (χ0v) is 11.1. The average molecular weight is 292 g/mol.